The van der Waals surface area contributed by atoms with Crippen molar-refractivity contribution in [2.24, 2.45) is 5.92 Å². The number of amides is 1. The van der Waals surface area contributed by atoms with Crippen LogP contribution >= 0.6 is 11.8 Å². The molecular weight excluding hydrogens is 308 g/mol. The van der Waals surface area contributed by atoms with Crippen molar-refractivity contribution in [2.45, 2.75) is 30.7 Å². The molecule has 1 amide bonds. The molecule has 0 saturated heterocycles. The topological polar surface area (TPSA) is 110 Å². The number of hydrogen-bond acceptors (Lipinski definition) is 5. The quantitative estimate of drug-likeness (QED) is 0.472. The maximum Gasteiger partial charge on any atom is 0.306 e. The number of carbonyl (C=O) groups is 2. The number of rotatable bonds is 6. The predicted molar refractivity (Wildman–Crippen MR) is 81.1 cm³/mol. The van der Waals surface area contributed by atoms with E-state index in [1.165, 1.54) is 23.9 Å². The van der Waals surface area contributed by atoms with Gasteiger partial charge in [-0.25, -0.2) is 0 Å². The average molecular weight is 324 g/mol. The van der Waals surface area contributed by atoms with E-state index in [-0.39, 0.29) is 17.3 Å². The van der Waals surface area contributed by atoms with Gasteiger partial charge >= 0.3 is 5.97 Å². The molecule has 1 fully saturated rings. The van der Waals surface area contributed by atoms with Gasteiger partial charge in [-0.15, -0.1) is 11.8 Å². The van der Waals surface area contributed by atoms with Gasteiger partial charge in [-0.3, -0.25) is 19.7 Å². The summed E-state index contributed by atoms with van der Waals surface area (Å²) in [6.45, 7) is 1.93. The van der Waals surface area contributed by atoms with Crippen LogP contribution in [0.3, 0.4) is 0 Å². The zero-order valence-corrected chi connectivity index (χ0v) is 12.8. The molecule has 0 aromatic heterocycles. The molecule has 1 saturated carbocycles. The highest BCUT2D eigenvalue weighted by Gasteiger charge is 2.35. The lowest BCUT2D eigenvalue weighted by molar-refractivity contribution is -0.384. The molecule has 0 atom stereocenters. The van der Waals surface area contributed by atoms with Gasteiger partial charge in [0.15, 0.2) is 0 Å². The molecule has 118 valence electrons. The maximum absolute atomic E-state index is 12.3. The van der Waals surface area contributed by atoms with Gasteiger partial charge < -0.3 is 10.4 Å². The van der Waals surface area contributed by atoms with Crippen LogP contribution in [-0.2, 0) is 4.79 Å². The van der Waals surface area contributed by atoms with Crippen LogP contribution in [0.4, 0.5) is 5.69 Å². The summed E-state index contributed by atoms with van der Waals surface area (Å²) in [5.41, 5.74) is 0.127. The third kappa shape index (κ3) is 3.56. The molecule has 0 unspecified atom stereocenters. The smallest absolute Gasteiger partial charge is 0.306 e. The first-order chi connectivity index (χ1) is 10.4. The fraction of sp³-hybridized carbons (Fsp3) is 0.429. The molecule has 1 aromatic carbocycles. The zero-order valence-electron chi connectivity index (χ0n) is 11.9. The van der Waals surface area contributed by atoms with Gasteiger partial charge in [-0.05, 0) is 24.7 Å². The van der Waals surface area contributed by atoms with Crippen LogP contribution in [0.15, 0.2) is 23.1 Å². The summed E-state index contributed by atoms with van der Waals surface area (Å²) in [5, 5.41) is 22.4. The van der Waals surface area contributed by atoms with Crippen LogP contribution < -0.4 is 5.32 Å². The molecule has 0 aliphatic heterocycles. The molecule has 2 rings (SSSR count). The highest BCUT2D eigenvalue weighted by Crippen LogP contribution is 2.30. The van der Waals surface area contributed by atoms with Gasteiger partial charge in [0, 0.05) is 23.1 Å². The first-order valence-corrected chi connectivity index (χ1v) is 7.85. The average Bonchev–Trinajstić information content (AvgIpc) is 2.42. The number of nitro groups is 1. The molecule has 2 N–H and O–H groups in total. The Morgan fingerprint density at radius 2 is 2.14 bits per heavy atom. The second-order valence-corrected chi connectivity index (χ2v) is 6.35. The molecule has 0 radical (unpaired) electrons. The van der Waals surface area contributed by atoms with Crippen LogP contribution in [0.1, 0.15) is 30.1 Å². The van der Waals surface area contributed by atoms with E-state index in [0.717, 1.165) is 5.75 Å². The Bertz CT molecular complexity index is 613. The molecule has 1 aromatic rings. The first-order valence-electron chi connectivity index (χ1n) is 6.87. The summed E-state index contributed by atoms with van der Waals surface area (Å²) in [6, 6.07) is 4.02. The molecule has 7 nitrogen and oxygen atoms in total. The van der Waals surface area contributed by atoms with Crippen molar-refractivity contribution < 1.29 is 19.6 Å². The number of aliphatic carboxylic acids is 1. The van der Waals surface area contributed by atoms with Gasteiger partial charge in [0.25, 0.3) is 11.6 Å². The fourth-order valence-electron chi connectivity index (χ4n) is 2.29. The number of carboxylic acids is 1. The first kappa shape index (κ1) is 16.3. The SMILES string of the molecule is CCSc1ccc([N+](=O)[O-])cc1C(=O)NC1CC(C(=O)O)C1. The normalized spacial score (nSPS) is 20.0. The van der Waals surface area contributed by atoms with E-state index in [9.17, 15) is 19.7 Å². The second-order valence-electron chi connectivity index (χ2n) is 5.05. The van der Waals surface area contributed by atoms with Gasteiger partial charge in [0.1, 0.15) is 0 Å². The Balaban J connectivity index is 2.12. The monoisotopic (exact) mass is 324 g/mol. The number of carbonyl (C=O) groups excluding carboxylic acids is 1. The summed E-state index contributed by atoms with van der Waals surface area (Å²) >= 11 is 1.43. The molecule has 0 bridgehead atoms. The fourth-order valence-corrected chi connectivity index (χ4v) is 3.07. The van der Waals surface area contributed by atoms with Crippen molar-refractivity contribution in [1.29, 1.82) is 0 Å². The Morgan fingerprint density at radius 3 is 2.68 bits per heavy atom. The predicted octanol–water partition coefficient (Wildman–Crippen LogP) is 2.30. The number of thioether (sulfide) groups is 1. The van der Waals surface area contributed by atoms with Crippen LogP contribution in [0.25, 0.3) is 0 Å². The van der Waals surface area contributed by atoms with Gasteiger partial charge in [0.05, 0.1) is 16.4 Å². The number of hydrogen-bond donors (Lipinski definition) is 2. The molecule has 1 aliphatic carbocycles. The maximum atomic E-state index is 12.3. The number of nitro benzene ring substituents is 1. The van der Waals surface area contributed by atoms with Crippen LogP contribution in [0.5, 0.6) is 0 Å². The standard InChI is InChI=1S/C14H16N2O5S/c1-2-22-12-4-3-10(16(20)21)7-11(12)13(17)15-9-5-8(6-9)14(18)19/h3-4,7-9H,2,5-6H2,1H3,(H,15,17)(H,18,19). The lowest BCUT2D eigenvalue weighted by atomic mass is 9.80. The molecule has 8 heteroatoms. The number of non-ortho nitro benzene ring substituents is 1. The molecule has 0 spiro atoms. The van der Waals surface area contributed by atoms with E-state index in [0.29, 0.717) is 17.7 Å². The van der Waals surface area contributed by atoms with Crippen molar-refractivity contribution in [3.05, 3.63) is 33.9 Å². The van der Waals surface area contributed by atoms with Crippen molar-refractivity contribution in [3.8, 4) is 0 Å². The third-order valence-corrected chi connectivity index (χ3v) is 4.50. The molecule has 22 heavy (non-hydrogen) atoms. The summed E-state index contributed by atoms with van der Waals surface area (Å²) in [6.07, 6.45) is 0.790. The Morgan fingerprint density at radius 1 is 1.45 bits per heavy atom. The third-order valence-electron chi connectivity index (χ3n) is 3.54. The Labute approximate surface area is 131 Å². The van der Waals surface area contributed by atoms with Crippen LogP contribution in [0.2, 0.25) is 0 Å². The van der Waals surface area contributed by atoms with E-state index in [4.69, 9.17) is 5.11 Å². The highest BCUT2D eigenvalue weighted by atomic mass is 32.2. The van der Waals surface area contributed by atoms with E-state index in [2.05, 4.69) is 5.32 Å². The van der Waals surface area contributed by atoms with Crippen LogP contribution in [-0.4, -0.2) is 33.7 Å². The van der Waals surface area contributed by atoms with E-state index >= 15 is 0 Å². The van der Waals surface area contributed by atoms with Crippen molar-refractivity contribution in [3.63, 3.8) is 0 Å². The van der Waals surface area contributed by atoms with Crippen molar-refractivity contribution in [1.82, 2.24) is 5.32 Å². The van der Waals surface area contributed by atoms with Crippen LogP contribution in [0, 0.1) is 16.0 Å². The summed E-state index contributed by atoms with van der Waals surface area (Å²) in [4.78, 5) is 34.0. The molecule has 0 heterocycles. The number of nitrogens with zero attached hydrogens (tertiary/aromatic N) is 1. The minimum Gasteiger partial charge on any atom is -0.481 e. The minimum absolute atomic E-state index is 0.136. The van der Waals surface area contributed by atoms with Gasteiger partial charge in [0.2, 0.25) is 0 Å². The second kappa shape index (κ2) is 6.78. The number of nitrogens with one attached hydrogen (secondary N) is 1. The Kier molecular flexibility index (Phi) is 5.02. The Hall–Kier alpha value is -2.09. The van der Waals surface area contributed by atoms with E-state index < -0.39 is 22.7 Å². The van der Waals surface area contributed by atoms with Crippen molar-refractivity contribution >= 4 is 29.3 Å². The summed E-state index contributed by atoms with van der Waals surface area (Å²) in [7, 11) is 0. The molecular formula is C14H16N2O5S. The number of benzene rings is 1. The lowest BCUT2D eigenvalue weighted by Crippen LogP contribution is -2.46. The number of carboxylic acid groups (broad SMARTS) is 1. The molecule has 1 aliphatic rings. The highest BCUT2D eigenvalue weighted by molar-refractivity contribution is 7.99. The largest absolute Gasteiger partial charge is 0.481 e. The summed E-state index contributed by atoms with van der Waals surface area (Å²) in [5.74, 6) is -0.931. The van der Waals surface area contributed by atoms with Gasteiger partial charge in [-0.2, -0.15) is 0 Å². The van der Waals surface area contributed by atoms with E-state index in [1.807, 2.05) is 6.92 Å². The minimum atomic E-state index is -0.858. The van der Waals surface area contributed by atoms with Gasteiger partial charge in [-0.1, -0.05) is 6.92 Å². The summed E-state index contributed by atoms with van der Waals surface area (Å²) < 4.78 is 0. The zero-order chi connectivity index (χ0) is 16.3. The lowest BCUT2D eigenvalue weighted by Gasteiger charge is -2.32. The van der Waals surface area contributed by atoms with E-state index in [1.54, 1.807) is 6.07 Å². The van der Waals surface area contributed by atoms with Crippen molar-refractivity contribution in [2.75, 3.05) is 5.75 Å².